The molecule has 0 bridgehead atoms. The molecule has 8 heteroatoms. The first-order valence-electron chi connectivity index (χ1n) is 5.88. The van der Waals surface area contributed by atoms with Crippen LogP contribution in [-0.4, -0.2) is 41.1 Å². The van der Waals surface area contributed by atoms with Crippen LogP contribution in [0.4, 0.5) is 0 Å². The molecule has 2 heterocycles. The normalized spacial score (nSPS) is 10.8. The summed E-state index contributed by atoms with van der Waals surface area (Å²) >= 11 is 1.17. The van der Waals surface area contributed by atoms with E-state index in [1.54, 1.807) is 6.33 Å². The SMILES string of the molecule is CCCn1c(SCC(=O)O)nnc1-c1cn(C)cn1. The highest BCUT2D eigenvalue weighted by Crippen LogP contribution is 2.23. The average molecular weight is 281 g/mol. The third kappa shape index (κ3) is 3.14. The maximum absolute atomic E-state index is 10.6. The largest absolute Gasteiger partial charge is 0.481 e. The van der Waals surface area contributed by atoms with E-state index in [-0.39, 0.29) is 5.75 Å². The number of aliphatic carboxylic acids is 1. The van der Waals surface area contributed by atoms with Crippen LogP contribution in [0.5, 0.6) is 0 Å². The molecule has 0 aliphatic carbocycles. The van der Waals surface area contributed by atoms with Crippen molar-refractivity contribution in [3.63, 3.8) is 0 Å². The molecule has 19 heavy (non-hydrogen) atoms. The van der Waals surface area contributed by atoms with Crippen molar-refractivity contribution in [1.82, 2.24) is 24.3 Å². The van der Waals surface area contributed by atoms with Crippen LogP contribution < -0.4 is 0 Å². The zero-order chi connectivity index (χ0) is 13.8. The van der Waals surface area contributed by atoms with E-state index in [4.69, 9.17) is 5.11 Å². The molecule has 0 aromatic carbocycles. The first-order chi connectivity index (χ1) is 9.11. The lowest BCUT2D eigenvalue weighted by Gasteiger charge is -2.06. The smallest absolute Gasteiger partial charge is 0.313 e. The number of thioether (sulfide) groups is 1. The summed E-state index contributed by atoms with van der Waals surface area (Å²) in [7, 11) is 1.89. The van der Waals surface area contributed by atoms with E-state index in [9.17, 15) is 4.79 Å². The molecule has 0 fully saturated rings. The Bertz CT molecular complexity index is 577. The molecule has 2 aromatic heterocycles. The number of aryl methyl sites for hydroxylation is 1. The number of hydrogen-bond acceptors (Lipinski definition) is 5. The molecule has 7 nitrogen and oxygen atoms in total. The fourth-order valence-corrected chi connectivity index (χ4v) is 2.35. The maximum Gasteiger partial charge on any atom is 0.313 e. The van der Waals surface area contributed by atoms with E-state index in [0.29, 0.717) is 11.0 Å². The van der Waals surface area contributed by atoms with Crippen LogP contribution in [0.2, 0.25) is 0 Å². The fourth-order valence-electron chi connectivity index (χ4n) is 1.66. The zero-order valence-corrected chi connectivity index (χ0v) is 11.6. The Morgan fingerprint density at radius 2 is 2.26 bits per heavy atom. The Kier molecular flexibility index (Phi) is 4.20. The molecule has 2 aromatic rings. The maximum atomic E-state index is 10.6. The summed E-state index contributed by atoms with van der Waals surface area (Å²) < 4.78 is 3.75. The van der Waals surface area contributed by atoms with Gasteiger partial charge < -0.3 is 14.2 Å². The number of aromatic nitrogens is 5. The highest BCUT2D eigenvalue weighted by molar-refractivity contribution is 7.99. The highest BCUT2D eigenvalue weighted by atomic mass is 32.2. The molecule has 0 saturated carbocycles. The molecule has 0 spiro atoms. The van der Waals surface area contributed by atoms with Crippen molar-refractivity contribution in [3.05, 3.63) is 12.5 Å². The topological polar surface area (TPSA) is 85.8 Å². The number of carboxylic acid groups (broad SMARTS) is 1. The summed E-state index contributed by atoms with van der Waals surface area (Å²) in [5.74, 6) is -0.213. The van der Waals surface area contributed by atoms with Crippen molar-refractivity contribution in [1.29, 1.82) is 0 Å². The minimum absolute atomic E-state index is 0.0237. The molecule has 0 saturated heterocycles. The second-order valence-corrected chi connectivity index (χ2v) is 5.01. The van der Waals surface area contributed by atoms with E-state index in [2.05, 4.69) is 15.2 Å². The minimum atomic E-state index is -0.865. The number of carboxylic acids is 1. The van der Waals surface area contributed by atoms with Crippen molar-refractivity contribution in [2.75, 3.05) is 5.75 Å². The molecule has 0 unspecified atom stereocenters. The second-order valence-electron chi connectivity index (χ2n) is 4.06. The number of hydrogen-bond donors (Lipinski definition) is 1. The molecule has 0 amide bonds. The predicted molar refractivity (Wildman–Crippen MR) is 70.9 cm³/mol. The van der Waals surface area contributed by atoms with Gasteiger partial charge in [0.2, 0.25) is 0 Å². The van der Waals surface area contributed by atoms with Gasteiger partial charge in [-0.25, -0.2) is 4.98 Å². The van der Waals surface area contributed by atoms with Crippen LogP contribution in [0, 0.1) is 0 Å². The van der Waals surface area contributed by atoms with Crippen LogP contribution in [-0.2, 0) is 18.4 Å². The van der Waals surface area contributed by atoms with Gasteiger partial charge in [0, 0.05) is 19.8 Å². The lowest BCUT2D eigenvalue weighted by molar-refractivity contribution is -0.133. The quantitative estimate of drug-likeness (QED) is 0.802. The second kappa shape index (κ2) is 5.87. The molecular weight excluding hydrogens is 266 g/mol. The Morgan fingerprint density at radius 3 is 2.84 bits per heavy atom. The minimum Gasteiger partial charge on any atom is -0.481 e. The van der Waals surface area contributed by atoms with Crippen LogP contribution in [0.25, 0.3) is 11.5 Å². The number of imidazole rings is 1. The van der Waals surface area contributed by atoms with Crippen molar-refractivity contribution in [2.24, 2.45) is 7.05 Å². The van der Waals surface area contributed by atoms with Gasteiger partial charge in [0.1, 0.15) is 5.69 Å². The van der Waals surface area contributed by atoms with Gasteiger partial charge in [-0.15, -0.1) is 10.2 Å². The van der Waals surface area contributed by atoms with Gasteiger partial charge in [0.05, 0.1) is 12.1 Å². The summed E-state index contributed by atoms with van der Waals surface area (Å²) in [5.41, 5.74) is 0.741. The molecule has 0 atom stereocenters. The summed E-state index contributed by atoms with van der Waals surface area (Å²) in [6, 6.07) is 0. The monoisotopic (exact) mass is 281 g/mol. The predicted octanol–water partition coefficient (Wildman–Crippen LogP) is 1.27. The van der Waals surface area contributed by atoms with Crippen LogP contribution in [0.1, 0.15) is 13.3 Å². The Labute approximate surface area is 114 Å². The zero-order valence-electron chi connectivity index (χ0n) is 10.8. The van der Waals surface area contributed by atoms with Crippen LogP contribution in [0.15, 0.2) is 17.7 Å². The average Bonchev–Trinajstić information content (AvgIpc) is 2.94. The van der Waals surface area contributed by atoms with Gasteiger partial charge in [0.25, 0.3) is 0 Å². The molecule has 1 N–H and O–H groups in total. The third-order valence-electron chi connectivity index (χ3n) is 2.42. The lowest BCUT2D eigenvalue weighted by atomic mass is 10.4. The van der Waals surface area contributed by atoms with Crippen molar-refractivity contribution < 1.29 is 9.90 Å². The van der Waals surface area contributed by atoms with E-state index >= 15 is 0 Å². The van der Waals surface area contributed by atoms with Gasteiger partial charge in [0.15, 0.2) is 11.0 Å². The molecule has 0 aliphatic heterocycles. The van der Waals surface area contributed by atoms with E-state index in [1.165, 1.54) is 11.8 Å². The molecule has 0 aliphatic rings. The van der Waals surface area contributed by atoms with Crippen LogP contribution >= 0.6 is 11.8 Å². The van der Waals surface area contributed by atoms with Gasteiger partial charge in [-0.05, 0) is 6.42 Å². The highest BCUT2D eigenvalue weighted by Gasteiger charge is 2.16. The fraction of sp³-hybridized carbons (Fsp3) is 0.455. The molecule has 0 radical (unpaired) electrons. The van der Waals surface area contributed by atoms with Crippen LogP contribution in [0.3, 0.4) is 0 Å². The van der Waals surface area contributed by atoms with E-state index in [1.807, 2.05) is 29.3 Å². The summed E-state index contributed by atoms with van der Waals surface area (Å²) in [5, 5.41) is 17.5. The van der Waals surface area contributed by atoms with Crippen molar-refractivity contribution in [2.45, 2.75) is 25.0 Å². The number of rotatable bonds is 6. The molecule has 2 rings (SSSR count). The number of carbonyl (C=O) groups is 1. The van der Waals surface area contributed by atoms with Crippen molar-refractivity contribution >= 4 is 17.7 Å². The van der Waals surface area contributed by atoms with Gasteiger partial charge in [-0.3, -0.25) is 4.79 Å². The molecular formula is C11H15N5O2S. The van der Waals surface area contributed by atoms with Gasteiger partial charge >= 0.3 is 5.97 Å². The standard InChI is InChI=1S/C11H15N5O2S/c1-3-4-16-10(8-5-15(2)7-12-8)13-14-11(16)19-6-9(17)18/h5,7H,3-4,6H2,1-2H3,(H,17,18). The first kappa shape index (κ1) is 13.6. The van der Waals surface area contributed by atoms with E-state index < -0.39 is 5.97 Å². The summed E-state index contributed by atoms with van der Waals surface area (Å²) in [6.45, 7) is 2.79. The summed E-state index contributed by atoms with van der Waals surface area (Å²) in [4.78, 5) is 14.9. The first-order valence-corrected chi connectivity index (χ1v) is 6.86. The number of nitrogens with zero attached hydrogens (tertiary/aromatic N) is 5. The summed E-state index contributed by atoms with van der Waals surface area (Å²) in [6.07, 6.45) is 4.48. The van der Waals surface area contributed by atoms with E-state index in [0.717, 1.165) is 18.7 Å². The molecule has 102 valence electrons. The third-order valence-corrected chi connectivity index (χ3v) is 3.37. The Hall–Kier alpha value is -1.83. The Balaban J connectivity index is 2.31. The van der Waals surface area contributed by atoms with Gasteiger partial charge in [-0.1, -0.05) is 18.7 Å². The van der Waals surface area contributed by atoms with Crippen molar-refractivity contribution in [3.8, 4) is 11.5 Å². The lowest BCUT2D eigenvalue weighted by Crippen LogP contribution is -2.04. The van der Waals surface area contributed by atoms with Gasteiger partial charge in [-0.2, -0.15) is 0 Å². The Morgan fingerprint density at radius 1 is 1.47 bits per heavy atom.